The molecule has 0 aromatic heterocycles. The largest absolute Gasteiger partial charge is 0.493 e. The van der Waals surface area contributed by atoms with E-state index >= 15 is 0 Å². The summed E-state index contributed by atoms with van der Waals surface area (Å²) in [6.45, 7) is 5.48. The van der Waals surface area contributed by atoms with Crippen LogP contribution in [0, 0.1) is 0 Å². The van der Waals surface area contributed by atoms with E-state index in [-0.39, 0.29) is 0 Å². The molecule has 0 amide bonds. The van der Waals surface area contributed by atoms with Crippen molar-refractivity contribution in [2.75, 3.05) is 19.8 Å². The Labute approximate surface area is 123 Å². The molecule has 1 aliphatic heterocycles. The van der Waals surface area contributed by atoms with Gasteiger partial charge in [-0.2, -0.15) is 0 Å². The number of benzene rings is 1. The van der Waals surface area contributed by atoms with Gasteiger partial charge < -0.3 is 14.8 Å². The molecule has 1 heterocycles. The molecule has 2 rings (SSSR count). The molecule has 3 nitrogen and oxygen atoms in total. The highest BCUT2D eigenvalue weighted by atomic mass is 79.9. The minimum absolute atomic E-state index is 0.562. The van der Waals surface area contributed by atoms with Crippen molar-refractivity contribution in [3.05, 3.63) is 28.2 Å². The van der Waals surface area contributed by atoms with E-state index in [4.69, 9.17) is 9.47 Å². The molecule has 0 unspecified atom stereocenters. The zero-order valence-corrected chi connectivity index (χ0v) is 13.0. The third kappa shape index (κ3) is 4.79. The van der Waals surface area contributed by atoms with E-state index < -0.39 is 0 Å². The number of nitrogens with one attached hydrogen (secondary N) is 1. The summed E-state index contributed by atoms with van der Waals surface area (Å²) in [6.07, 6.45) is 3.22. The van der Waals surface area contributed by atoms with Crippen LogP contribution in [0.3, 0.4) is 0 Å². The zero-order chi connectivity index (χ0) is 13.5. The average molecular weight is 328 g/mol. The van der Waals surface area contributed by atoms with Gasteiger partial charge in [0, 0.05) is 35.8 Å². The molecule has 0 bridgehead atoms. The SMILES string of the molecule is CCCOc1ccc(Br)cc1CNC1CCOCC1. The van der Waals surface area contributed by atoms with Crippen molar-refractivity contribution in [1.82, 2.24) is 5.32 Å². The van der Waals surface area contributed by atoms with Gasteiger partial charge in [-0.25, -0.2) is 0 Å². The van der Waals surface area contributed by atoms with E-state index in [1.807, 2.05) is 12.1 Å². The predicted octanol–water partition coefficient (Wildman–Crippen LogP) is 3.51. The van der Waals surface area contributed by atoms with E-state index in [1.165, 1.54) is 5.56 Å². The number of rotatable bonds is 6. The lowest BCUT2D eigenvalue weighted by Gasteiger charge is -2.23. The summed E-state index contributed by atoms with van der Waals surface area (Å²) in [5, 5.41) is 3.60. The van der Waals surface area contributed by atoms with Crippen molar-refractivity contribution in [3.8, 4) is 5.75 Å². The fourth-order valence-electron chi connectivity index (χ4n) is 2.20. The first kappa shape index (κ1) is 14.8. The lowest BCUT2D eigenvalue weighted by atomic mass is 10.1. The third-order valence-electron chi connectivity index (χ3n) is 3.29. The number of hydrogen-bond acceptors (Lipinski definition) is 3. The van der Waals surface area contributed by atoms with E-state index in [0.717, 1.165) is 55.9 Å². The molecule has 0 radical (unpaired) electrons. The van der Waals surface area contributed by atoms with Gasteiger partial charge in [-0.15, -0.1) is 0 Å². The van der Waals surface area contributed by atoms with Gasteiger partial charge in [0.1, 0.15) is 5.75 Å². The molecule has 1 N–H and O–H groups in total. The maximum atomic E-state index is 5.80. The van der Waals surface area contributed by atoms with Gasteiger partial charge in [-0.1, -0.05) is 22.9 Å². The molecule has 1 aromatic rings. The van der Waals surface area contributed by atoms with Crippen LogP contribution in [0.15, 0.2) is 22.7 Å². The molecule has 1 saturated heterocycles. The summed E-state index contributed by atoms with van der Waals surface area (Å²) in [7, 11) is 0. The first-order chi connectivity index (χ1) is 9.29. The average Bonchev–Trinajstić information content (AvgIpc) is 2.45. The second-order valence-corrected chi connectivity index (χ2v) is 5.78. The summed E-state index contributed by atoms with van der Waals surface area (Å²) in [4.78, 5) is 0. The Morgan fingerprint density at radius 2 is 2.16 bits per heavy atom. The van der Waals surface area contributed by atoms with Crippen LogP contribution in [-0.4, -0.2) is 25.9 Å². The van der Waals surface area contributed by atoms with Gasteiger partial charge in [0.05, 0.1) is 6.61 Å². The summed E-state index contributed by atoms with van der Waals surface area (Å²) in [5.74, 6) is 0.990. The Bertz CT molecular complexity index is 392. The lowest BCUT2D eigenvalue weighted by molar-refractivity contribution is 0.0775. The second kappa shape index (κ2) is 7.88. The van der Waals surface area contributed by atoms with Crippen molar-refractivity contribution >= 4 is 15.9 Å². The third-order valence-corrected chi connectivity index (χ3v) is 3.78. The van der Waals surface area contributed by atoms with Gasteiger partial charge in [0.15, 0.2) is 0 Å². The summed E-state index contributed by atoms with van der Waals surface area (Å²) in [6, 6.07) is 6.77. The maximum absolute atomic E-state index is 5.80. The molecule has 0 saturated carbocycles. The molecule has 1 aliphatic rings. The van der Waals surface area contributed by atoms with Gasteiger partial charge in [-0.05, 0) is 37.5 Å². The Morgan fingerprint density at radius 1 is 1.37 bits per heavy atom. The molecule has 19 heavy (non-hydrogen) atoms. The van der Waals surface area contributed by atoms with Crippen molar-refractivity contribution in [2.24, 2.45) is 0 Å². The number of hydrogen-bond donors (Lipinski definition) is 1. The molecular weight excluding hydrogens is 306 g/mol. The van der Waals surface area contributed by atoms with Crippen molar-refractivity contribution < 1.29 is 9.47 Å². The highest BCUT2D eigenvalue weighted by molar-refractivity contribution is 9.10. The highest BCUT2D eigenvalue weighted by Gasteiger charge is 2.14. The van der Waals surface area contributed by atoms with Crippen LogP contribution in [0.1, 0.15) is 31.7 Å². The molecular formula is C15H22BrNO2. The Morgan fingerprint density at radius 3 is 2.89 bits per heavy atom. The number of halogens is 1. The van der Waals surface area contributed by atoms with Crippen LogP contribution in [0.2, 0.25) is 0 Å². The minimum atomic E-state index is 0.562. The first-order valence-electron chi connectivity index (χ1n) is 7.02. The molecule has 0 aliphatic carbocycles. The molecule has 106 valence electrons. The highest BCUT2D eigenvalue weighted by Crippen LogP contribution is 2.24. The van der Waals surface area contributed by atoms with Crippen LogP contribution in [0.25, 0.3) is 0 Å². The Hall–Kier alpha value is -0.580. The van der Waals surface area contributed by atoms with Gasteiger partial charge in [-0.3, -0.25) is 0 Å². The summed E-state index contributed by atoms with van der Waals surface area (Å²) in [5.41, 5.74) is 1.22. The van der Waals surface area contributed by atoms with E-state index in [9.17, 15) is 0 Å². The number of ether oxygens (including phenoxy) is 2. The van der Waals surface area contributed by atoms with Crippen molar-refractivity contribution in [3.63, 3.8) is 0 Å². The smallest absolute Gasteiger partial charge is 0.123 e. The monoisotopic (exact) mass is 327 g/mol. The quantitative estimate of drug-likeness (QED) is 0.867. The van der Waals surface area contributed by atoms with Gasteiger partial charge in [0.2, 0.25) is 0 Å². The van der Waals surface area contributed by atoms with E-state index in [0.29, 0.717) is 6.04 Å². The van der Waals surface area contributed by atoms with Gasteiger partial charge >= 0.3 is 0 Å². The molecule has 1 fully saturated rings. The maximum Gasteiger partial charge on any atom is 0.123 e. The van der Waals surface area contributed by atoms with Crippen LogP contribution < -0.4 is 10.1 Å². The topological polar surface area (TPSA) is 30.5 Å². The second-order valence-electron chi connectivity index (χ2n) is 4.87. The van der Waals surface area contributed by atoms with Crippen LogP contribution in [0.5, 0.6) is 5.75 Å². The lowest BCUT2D eigenvalue weighted by Crippen LogP contribution is -2.34. The predicted molar refractivity (Wildman–Crippen MR) is 80.6 cm³/mol. The fraction of sp³-hybridized carbons (Fsp3) is 0.600. The summed E-state index contributed by atoms with van der Waals surface area (Å²) >= 11 is 3.53. The van der Waals surface area contributed by atoms with Crippen molar-refractivity contribution in [1.29, 1.82) is 0 Å². The van der Waals surface area contributed by atoms with Crippen molar-refractivity contribution in [2.45, 2.75) is 38.8 Å². The van der Waals surface area contributed by atoms with Crippen LogP contribution >= 0.6 is 15.9 Å². The van der Waals surface area contributed by atoms with Crippen LogP contribution in [0.4, 0.5) is 0 Å². The summed E-state index contributed by atoms with van der Waals surface area (Å²) < 4.78 is 12.3. The molecule has 0 atom stereocenters. The van der Waals surface area contributed by atoms with Gasteiger partial charge in [0.25, 0.3) is 0 Å². The molecule has 4 heteroatoms. The normalized spacial score (nSPS) is 16.5. The van der Waals surface area contributed by atoms with E-state index in [1.54, 1.807) is 0 Å². The molecule has 0 spiro atoms. The fourth-order valence-corrected chi connectivity index (χ4v) is 2.60. The van der Waals surface area contributed by atoms with Crippen LogP contribution in [-0.2, 0) is 11.3 Å². The Balaban J connectivity index is 1.94. The minimum Gasteiger partial charge on any atom is -0.493 e. The first-order valence-corrected chi connectivity index (χ1v) is 7.81. The Kier molecular flexibility index (Phi) is 6.14. The standard InChI is InChI=1S/C15H22BrNO2/c1-2-7-19-15-4-3-13(16)10-12(15)11-17-14-5-8-18-9-6-14/h3-4,10,14,17H,2,5-9,11H2,1H3. The molecule has 1 aromatic carbocycles. The van der Waals surface area contributed by atoms with E-state index in [2.05, 4.69) is 34.2 Å². The zero-order valence-electron chi connectivity index (χ0n) is 11.5.